The van der Waals surface area contributed by atoms with Gasteiger partial charge in [-0.2, -0.15) is 0 Å². The molecule has 130 valence electrons. The summed E-state index contributed by atoms with van der Waals surface area (Å²) in [6.45, 7) is 2.00. The number of fused-ring (bicyclic) bond motifs is 1. The van der Waals surface area contributed by atoms with E-state index in [-0.39, 0.29) is 5.54 Å². The average molecular weight is 337 g/mol. The van der Waals surface area contributed by atoms with Crippen LogP contribution in [0.25, 0.3) is 11.0 Å². The molecule has 1 aliphatic heterocycles. The smallest absolute Gasteiger partial charge is 0.142 e. The summed E-state index contributed by atoms with van der Waals surface area (Å²) in [5, 5.41) is 8.25. The van der Waals surface area contributed by atoms with E-state index in [2.05, 4.69) is 43.8 Å². The number of methoxy groups -OCH3 is 1. The molecular formula is C19H23N5O. The predicted octanol–water partition coefficient (Wildman–Crippen LogP) is 2.74. The molecule has 1 fully saturated rings. The van der Waals surface area contributed by atoms with Crippen LogP contribution < -0.4 is 15.4 Å². The van der Waals surface area contributed by atoms with Crippen molar-refractivity contribution in [2.75, 3.05) is 25.5 Å². The first-order chi connectivity index (χ1) is 12.3. The van der Waals surface area contributed by atoms with E-state index in [4.69, 9.17) is 4.74 Å². The second kappa shape index (κ2) is 6.72. The van der Waals surface area contributed by atoms with Gasteiger partial charge in [0.05, 0.1) is 12.5 Å². The van der Waals surface area contributed by atoms with Gasteiger partial charge in [0.1, 0.15) is 23.5 Å². The van der Waals surface area contributed by atoms with Gasteiger partial charge < -0.3 is 20.4 Å². The van der Waals surface area contributed by atoms with Gasteiger partial charge in [0.25, 0.3) is 0 Å². The maximum atomic E-state index is 5.38. The van der Waals surface area contributed by atoms with Gasteiger partial charge in [-0.1, -0.05) is 12.1 Å². The van der Waals surface area contributed by atoms with Crippen LogP contribution >= 0.6 is 0 Å². The molecule has 0 atom stereocenters. The Bertz CT molecular complexity index is 854. The first-order valence-corrected chi connectivity index (χ1v) is 8.68. The van der Waals surface area contributed by atoms with Crippen molar-refractivity contribution in [3.63, 3.8) is 0 Å². The highest BCUT2D eigenvalue weighted by atomic mass is 16.5. The predicted molar refractivity (Wildman–Crippen MR) is 99.0 cm³/mol. The zero-order valence-corrected chi connectivity index (χ0v) is 14.4. The van der Waals surface area contributed by atoms with E-state index in [1.807, 2.05) is 18.3 Å². The highest BCUT2D eigenvalue weighted by Crippen LogP contribution is 2.31. The second-order valence-corrected chi connectivity index (χ2v) is 6.65. The van der Waals surface area contributed by atoms with Crippen LogP contribution in [0.3, 0.4) is 0 Å². The third-order valence-electron chi connectivity index (χ3n) is 4.97. The van der Waals surface area contributed by atoms with E-state index in [0.717, 1.165) is 55.0 Å². The monoisotopic (exact) mass is 337 g/mol. The zero-order chi connectivity index (χ0) is 17.1. The Kier molecular flexibility index (Phi) is 4.28. The molecule has 1 aliphatic rings. The molecule has 0 spiro atoms. The summed E-state index contributed by atoms with van der Waals surface area (Å²) in [6.07, 6.45) is 6.53. The van der Waals surface area contributed by atoms with Crippen LogP contribution in [0.4, 0.5) is 5.82 Å². The molecule has 25 heavy (non-hydrogen) atoms. The molecule has 6 heteroatoms. The molecule has 0 saturated carbocycles. The van der Waals surface area contributed by atoms with E-state index in [1.54, 1.807) is 13.4 Å². The number of nitrogens with zero attached hydrogens (tertiary/aromatic N) is 2. The van der Waals surface area contributed by atoms with Crippen molar-refractivity contribution in [3.05, 3.63) is 48.4 Å². The van der Waals surface area contributed by atoms with Crippen molar-refractivity contribution in [3.8, 4) is 5.75 Å². The summed E-state index contributed by atoms with van der Waals surface area (Å²) in [5.74, 6) is 1.80. The van der Waals surface area contributed by atoms with Crippen molar-refractivity contribution in [1.29, 1.82) is 0 Å². The molecule has 6 nitrogen and oxygen atoms in total. The Morgan fingerprint density at radius 3 is 2.92 bits per heavy atom. The van der Waals surface area contributed by atoms with Crippen LogP contribution in [0, 0.1) is 0 Å². The van der Waals surface area contributed by atoms with Gasteiger partial charge in [0.15, 0.2) is 0 Å². The number of rotatable bonds is 5. The lowest BCUT2D eigenvalue weighted by atomic mass is 9.82. The Morgan fingerprint density at radius 2 is 2.08 bits per heavy atom. The molecular weight excluding hydrogens is 314 g/mol. The summed E-state index contributed by atoms with van der Waals surface area (Å²) in [6, 6.07) is 10.4. The van der Waals surface area contributed by atoms with Crippen LogP contribution in [0.1, 0.15) is 18.4 Å². The van der Waals surface area contributed by atoms with Crippen LogP contribution in [-0.4, -0.2) is 40.7 Å². The van der Waals surface area contributed by atoms with Crippen LogP contribution in [0.15, 0.2) is 42.9 Å². The molecule has 0 radical (unpaired) electrons. The number of benzene rings is 1. The van der Waals surface area contributed by atoms with Gasteiger partial charge in [0.2, 0.25) is 0 Å². The van der Waals surface area contributed by atoms with Crippen molar-refractivity contribution < 1.29 is 4.74 Å². The van der Waals surface area contributed by atoms with Gasteiger partial charge in [0, 0.05) is 11.7 Å². The Balaban J connectivity index is 1.66. The van der Waals surface area contributed by atoms with Gasteiger partial charge in [-0.15, -0.1) is 0 Å². The molecule has 3 aromatic rings. The molecule has 0 aliphatic carbocycles. The molecule has 4 rings (SSSR count). The van der Waals surface area contributed by atoms with E-state index in [9.17, 15) is 0 Å². The SMILES string of the molecule is COc1cccc(CC2(Nc3ncnc4[nH]ccc34)CCNCC2)c1. The maximum absolute atomic E-state index is 5.38. The number of nitrogens with one attached hydrogen (secondary N) is 3. The highest BCUT2D eigenvalue weighted by molar-refractivity contribution is 5.87. The van der Waals surface area contributed by atoms with Gasteiger partial charge >= 0.3 is 0 Å². The summed E-state index contributed by atoms with van der Waals surface area (Å²) in [4.78, 5) is 11.9. The summed E-state index contributed by atoms with van der Waals surface area (Å²) < 4.78 is 5.38. The number of piperidine rings is 1. The van der Waals surface area contributed by atoms with E-state index in [0.29, 0.717) is 0 Å². The minimum Gasteiger partial charge on any atom is -0.497 e. The van der Waals surface area contributed by atoms with E-state index >= 15 is 0 Å². The molecule has 3 N–H and O–H groups in total. The number of ether oxygens (including phenoxy) is 1. The van der Waals surface area contributed by atoms with Gasteiger partial charge in [-0.3, -0.25) is 0 Å². The summed E-state index contributed by atoms with van der Waals surface area (Å²) >= 11 is 0. The van der Waals surface area contributed by atoms with Crippen molar-refractivity contribution >= 4 is 16.9 Å². The van der Waals surface area contributed by atoms with Gasteiger partial charge in [-0.25, -0.2) is 9.97 Å². The van der Waals surface area contributed by atoms with E-state index in [1.165, 1.54) is 5.56 Å². The van der Waals surface area contributed by atoms with Crippen molar-refractivity contribution in [1.82, 2.24) is 20.3 Å². The lowest BCUT2D eigenvalue weighted by Crippen LogP contribution is -2.49. The number of aromatic nitrogens is 3. The first kappa shape index (κ1) is 15.9. The zero-order valence-electron chi connectivity index (χ0n) is 14.4. The fourth-order valence-electron chi connectivity index (χ4n) is 3.65. The van der Waals surface area contributed by atoms with Crippen LogP contribution in [0.5, 0.6) is 5.75 Å². The standard InChI is InChI=1S/C19H23N5O/c1-25-15-4-2-3-14(11-15)12-19(6-9-20-10-7-19)24-18-16-5-8-21-17(16)22-13-23-18/h2-5,8,11,13,20H,6-7,9-10,12H2,1H3,(H2,21,22,23,24). The minimum absolute atomic E-state index is 0.0316. The Hall–Kier alpha value is -2.60. The molecule has 0 amide bonds. The molecule has 1 saturated heterocycles. The number of anilines is 1. The largest absolute Gasteiger partial charge is 0.497 e. The van der Waals surface area contributed by atoms with Crippen molar-refractivity contribution in [2.24, 2.45) is 0 Å². The van der Waals surface area contributed by atoms with E-state index < -0.39 is 0 Å². The van der Waals surface area contributed by atoms with Crippen molar-refractivity contribution in [2.45, 2.75) is 24.8 Å². The quantitative estimate of drug-likeness (QED) is 0.667. The highest BCUT2D eigenvalue weighted by Gasteiger charge is 2.33. The normalized spacial score (nSPS) is 16.7. The third-order valence-corrected chi connectivity index (χ3v) is 4.97. The lowest BCUT2D eigenvalue weighted by molar-refractivity contribution is 0.335. The summed E-state index contributed by atoms with van der Waals surface area (Å²) in [7, 11) is 1.71. The molecule has 0 bridgehead atoms. The fraction of sp³-hybridized carbons (Fsp3) is 0.368. The third kappa shape index (κ3) is 3.30. The number of hydrogen-bond donors (Lipinski definition) is 3. The average Bonchev–Trinajstić information content (AvgIpc) is 3.12. The number of aromatic amines is 1. The number of hydrogen-bond acceptors (Lipinski definition) is 5. The maximum Gasteiger partial charge on any atom is 0.142 e. The Labute approximate surface area is 147 Å². The molecule has 0 unspecified atom stereocenters. The summed E-state index contributed by atoms with van der Waals surface area (Å²) in [5.41, 5.74) is 2.10. The molecule has 3 heterocycles. The Morgan fingerprint density at radius 1 is 1.20 bits per heavy atom. The molecule has 1 aromatic carbocycles. The first-order valence-electron chi connectivity index (χ1n) is 8.68. The molecule has 2 aromatic heterocycles. The van der Waals surface area contributed by atoms with Crippen LogP contribution in [0.2, 0.25) is 0 Å². The lowest BCUT2D eigenvalue weighted by Gasteiger charge is -2.39. The fourth-order valence-corrected chi connectivity index (χ4v) is 3.65. The number of H-pyrrole nitrogens is 1. The second-order valence-electron chi connectivity index (χ2n) is 6.65. The topological polar surface area (TPSA) is 74.9 Å². The van der Waals surface area contributed by atoms with Crippen LogP contribution in [-0.2, 0) is 6.42 Å². The minimum atomic E-state index is -0.0316. The van der Waals surface area contributed by atoms with Gasteiger partial charge in [-0.05, 0) is 56.1 Å².